The van der Waals surface area contributed by atoms with Gasteiger partial charge in [-0.15, -0.1) is 0 Å². The molecule has 1 nitrogen and oxygen atoms in total. The Labute approximate surface area is 122 Å². The number of hydrogen-bond donors (Lipinski definition) is 0. The van der Waals surface area contributed by atoms with Crippen LogP contribution in [0.15, 0.2) is 72.8 Å². The highest BCUT2D eigenvalue weighted by Crippen LogP contribution is 2.48. The molecule has 5 rings (SSSR count). The van der Waals surface area contributed by atoms with Gasteiger partial charge in [0.2, 0.25) is 0 Å². The van der Waals surface area contributed by atoms with Gasteiger partial charge < -0.3 is 4.74 Å². The Morgan fingerprint density at radius 3 is 2.33 bits per heavy atom. The van der Waals surface area contributed by atoms with Crippen LogP contribution in [0.5, 0.6) is 11.5 Å². The molecule has 0 aromatic heterocycles. The smallest absolute Gasteiger partial charge is 0.136 e. The van der Waals surface area contributed by atoms with Crippen molar-refractivity contribution in [1.82, 2.24) is 0 Å². The lowest BCUT2D eigenvalue weighted by molar-refractivity contribution is 0.487. The average molecular weight is 268 g/mol. The minimum absolute atomic E-state index is 0.938. The van der Waals surface area contributed by atoms with Crippen LogP contribution in [0.1, 0.15) is 0 Å². The van der Waals surface area contributed by atoms with Crippen LogP contribution in [0.2, 0.25) is 0 Å². The molecular weight excluding hydrogens is 256 g/mol. The normalized spacial score (nSPS) is 12.2. The summed E-state index contributed by atoms with van der Waals surface area (Å²) >= 11 is 0. The Kier molecular flexibility index (Phi) is 2.01. The van der Waals surface area contributed by atoms with Gasteiger partial charge in [-0.1, -0.05) is 60.7 Å². The van der Waals surface area contributed by atoms with Crippen LogP contribution >= 0.6 is 0 Å². The van der Waals surface area contributed by atoms with Gasteiger partial charge in [0.15, 0.2) is 0 Å². The van der Waals surface area contributed by atoms with E-state index in [0.29, 0.717) is 0 Å². The topological polar surface area (TPSA) is 9.23 Å². The molecule has 0 unspecified atom stereocenters. The molecule has 0 spiro atoms. The lowest BCUT2D eigenvalue weighted by Crippen LogP contribution is -1.97. The highest BCUT2D eigenvalue weighted by Gasteiger charge is 2.20. The standard InChI is InChI=1S/C20H12O/c1-2-7-14-13(6-1)12-19-20-16(14)9-5-10-17(20)15-8-3-4-11-18(15)21-19/h1-12H. The molecule has 4 aromatic rings. The minimum Gasteiger partial charge on any atom is -0.456 e. The predicted molar refractivity (Wildman–Crippen MR) is 87.0 cm³/mol. The quantitative estimate of drug-likeness (QED) is 0.324. The molecular formula is C20H12O. The predicted octanol–water partition coefficient (Wildman–Crippen LogP) is 5.77. The van der Waals surface area contributed by atoms with Crippen molar-refractivity contribution >= 4 is 21.5 Å². The van der Waals surface area contributed by atoms with E-state index in [2.05, 4.69) is 60.7 Å². The highest BCUT2D eigenvalue weighted by atomic mass is 16.5. The van der Waals surface area contributed by atoms with Gasteiger partial charge >= 0.3 is 0 Å². The molecule has 0 atom stereocenters. The number of benzene rings is 4. The maximum Gasteiger partial charge on any atom is 0.136 e. The summed E-state index contributed by atoms with van der Waals surface area (Å²) in [4.78, 5) is 0. The van der Waals surface area contributed by atoms with Crippen LogP contribution < -0.4 is 4.74 Å². The van der Waals surface area contributed by atoms with Crippen LogP contribution in [0.4, 0.5) is 0 Å². The van der Waals surface area contributed by atoms with Gasteiger partial charge in [-0.25, -0.2) is 0 Å². The third kappa shape index (κ3) is 1.40. The largest absolute Gasteiger partial charge is 0.456 e. The second-order valence-electron chi connectivity index (χ2n) is 5.42. The SMILES string of the molecule is c1ccc2c(c1)Oc1cc3ccccc3c3cccc-2c13. The number of fused-ring (bicyclic) bond motifs is 4. The lowest BCUT2D eigenvalue weighted by atomic mass is 9.92. The van der Waals surface area contributed by atoms with Crippen LogP contribution in [0.25, 0.3) is 32.7 Å². The van der Waals surface area contributed by atoms with E-state index >= 15 is 0 Å². The zero-order valence-electron chi connectivity index (χ0n) is 11.3. The van der Waals surface area contributed by atoms with E-state index < -0.39 is 0 Å². The molecule has 0 N–H and O–H groups in total. The van der Waals surface area contributed by atoms with Crippen molar-refractivity contribution in [3.8, 4) is 22.6 Å². The fraction of sp³-hybridized carbons (Fsp3) is 0. The van der Waals surface area contributed by atoms with E-state index in [4.69, 9.17) is 4.74 Å². The van der Waals surface area contributed by atoms with Crippen molar-refractivity contribution in [2.45, 2.75) is 0 Å². The maximum atomic E-state index is 6.16. The summed E-state index contributed by atoms with van der Waals surface area (Å²) in [6.07, 6.45) is 0. The summed E-state index contributed by atoms with van der Waals surface area (Å²) < 4.78 is 6.16. The average Bonchev–Trinajstić information content (AvgIpc) is 2.55. The minimum atomic E-state index is 0.938. The monoisotopic (exact) mass is 268 g/mol. The van der Waals surface area contributed by atoms with Gasteiger partial charge in [-0.3, -0.25) is 0 Å². The Morgan fingerprint density at radius 2 is 1.33 bits per heavy atom. The van der Waals surface area contributed by atoms with Crippen molar-refractivity contribution in [3.05, 3.63) is 72.8 Å². The van der Waals surface area contributed by atoms with Gasteiger partial charge in [0.05, 0.1) is 0 Å². The number of para-hydroxylation sites is 1. The van der Waals surface area contributed by atoms with E-state index in [1.54, 1.807) is 0 Å². The lowest BCUT2D eigenvalue weighted by Gasteiger charge is -2.22. The first-order valence-corrected chi connectivity index (χ1v) is 7.13. The van der Waals surface area contributed by atoms with Gasteiger partial charge in [-0.2, -0.15) is 0 Å². The third-order valence-electron chi connectivity index (χ3n) is 4.25. The molecule has 0 bridgehead atoms. The van der Waals surface area contributed by atoms with Gasteiger partial charge in [0.1, 0.15) is 11.5 Å². The second-order valence-corrected chi connectivity index (χ2v) is 5.42. The zero-order chi connectivity index (χ0) is 13.8. The zero-order valence-corrected chi connectivity index (χ0v) is 11.3. The van der Waals surface area contributed by atoms with Crippen molar-refractivity contribution in [1.29, 1.82) is 0 Å². The first-order chi connectivity index (χ1) is 10.4. The molecule has 0 saturated heterocycles. The van der Waals surface area contributed by atoms with Gasteiger partial charge in [-0.05, 0) is 33.9 Å². The molecule has 4 aromatic carbocycles. The first kappa shape index (κ1) is 10.9. The van der Waals surface area contributed by atoms with Crippen molar-refractivity contribution in [2.75, 3.05) is 0 Å². The molecule has 0 radical (unpaired) electrons. The molecule has 0 fully saturated rings. The summed E-state index contributed by atoms with van der Waals surface area (Å²) in [5.41, 5.74) is 2.43. The van der Waals surface area contributed by atoms with E-state index in [1.807, 2.05) is 12.1 Å². The van der Waals surface area contributed by atoms with Crippen molar-refractivity contribution in [2.24, 2.45) is 0 Å². The number of rotatable bonds is 0. The van der Waals surface area contributed by atoms with Crippen molar-refractivity contribution < 1.29 is 4.74 Å². The number of hydrogen-bond acceptors (Lipinski definition) is 1. The number of ether oxygens (including phenoxy) is 1. The van der Waals surface area contributed by atoms with Crippen LogP contribution in [0, 0.1) is 0 Å². The van der Waals surface area contributed by atoms with E-state index in [1.165, 1.54) is 32.7 Å². The van der Waals surface area contributed by atoms with Crippen molar-refractivity contribution in [3.63, 3.8) is 0 Å². The Hall–Kier alpha value is -2.80. The maximum absolute atomic E-state index is 6.16. The Morgan fingerprint density at radius 1 is 0.571 bits per heavy atom. The molecule has 1 aliphatic heterocycles. The highest BCUT2D eigenvalue weighted by molar-refractivity contribution is 6.16. The summed E-state index contributed by atoms with van der Waals surface area (Å²) in [5.74, 6) is 1.89. The summed E-state index contributed by atoms with van der Waals surface area (Å²) in [7, 11) is 0. The Bertz CT molecular complexity index is 1010. The summed E-state index contributed by atoms with van der Waals surface area (Å²) in [5, 5.41) is 4.97. The summed E-state index contributed by atoms with van der Waals surface area (Å²) in [6, 6.07) is 25.4. The van der Waals surface area contributed by atoms with E-state index in [0.717, 1.165) is 11.5 Å². The van der Waals surface area contributed by atoms with Crippen LogP contribution in [-0.2, 0) is 0 Å². The fourth-order valence-corrected chi connectivity index (χ4v) is 3.33. The molecule has 21 heavy (non-hydrogen) atoms. The second kappa shape index (κ2) is 3.86. The van der Waals surface area contributed by atoms with E-state index in [9.17, 15) is 0 Å². The first-order valence-electron chi connectivity index (χ1n) is 7.13. The molecule has 1 aliphatic rings. The van der Waals surface area contributed by atoms with Gasteiger partial charge in [0.25, 0.3) is 0 Å². The molecule has 1 heterocycles. The molecule has 0 amide bonds. The fourth-order valence-electron chi connectivity index (χ4n) is 3.33. The summed E-state index contributed by atoms with van der Waals surface area (Å²) in [6.45, 7) is 0. The van der Waals surface area contributed by atoms with Crippen LogP contribution in [-0.4, -0.2) is 0 Å². The van der Waals surface area contributed by atoms with Gasteiger partial charge in [0, 0.05) is 10.9 Å². The Balaban J connectivity index is 2.04. The van der Waals surface area contributed by atoms with Crippen LogP contribution in [0.3, 0.4) is 0 Å². The van der Waals surface area contributed by atoms with E-state index in [-0.39, 0.29) is 0 Å². The molecule has 98 valence electrons. The molecule has 1 heteroatoms. The molecule has 0 aliphatic carbocycles. The molecule has 0 saturated carbocycles. The third-order valence-corrected chi connectivity index (χ3v) is 4.25.